The molecule has 2 fully saturated rings. The van der Waals surface area contributed by atoms with Crippen molar-refractivity contribution in [1.29, 1.82) is 0 Å². The fourth-order valence-corrected chi connectivity index (χ4v) is 4.19. The predicted octanol–water partition coefficient (Wildman–Crippen LogP) is 4.13. The predicted molar refractivity (Wildman–Crippen MR) is 83.4 cm³/mol. The summed E-state index contributed by atoms with van der Waals surface area (Å²) in [6.45, 7) is 5.31. The molecule has 19 heavy (non-hydrogen) atoms. The van der Waals surface area contributed by atoms with Crippen LogP contribution in [0, 0.1) is 23.2 Å². The second-order valence-corrected chi connectivity index (χ2v) is 8.17. The number of amides is 1. The number of carbonyl (C=O) groups excluding carboxylic acids is 1. The maximum atomic E-state index is 12.1. The van der Waals surface area contributed by atoms with E-state index in [2.05, 4.69) is 35.1 Å². The van der Waals surface area contributed by atoms with Gasteiger partial charge in [0.1, 0.15) is 0 Å². The summed E-state index contributed by atoms with van der Waals surface area (Å²) < 4.78 is 0. The summed E-state index contributed by atoms with van der Waals surface area (Å²) in [5, 5.41) is 4.22. The summed E-state index contributed by atoms with van der Waals surface area (Å²) >= 11 is 3.47. The molecule has 0 radical (unpaired) electrons. The van der Waals surface area contributed by atoms with Crippen LogP contribution in [0.25, 0.3) is 0 Å². The lowest BCUT2D eigenvalue weighted by Crippen LogP contribution is -2.35. The molecule has 2 bridgehead atoms. The van der Waals surface area contributed by atoms with E-state index >= 15 is 0 Å². The van der Waals surface area contributed by atoms with Gasteiger partial charge >= 0.3 is 0 Å². The van der Waals surface area contributed by atoms with E-state index in [-0.39, 0.29) is 11.3 Å². The number of fused-ring (bicyclic) bond motifs is 2. The van der Waals surface area contributed by atoms with Crippen LogP contribution in [-0.4, -0.2) is 17.8 Å². The van der Waals surface area contributed by atoms with Crippen molar-refractivity contribution in [3.8, 4) is 0 Å². The Morgan fingerprint density at radius 3 is 2.68 bits per heavy atom. The van der Waals surface area contributed by atoms with Gasteiger partial charge in [-0.15, -0.1) is 0 Å². The molecule has 0 aromatic rings. The maximum absolute atomic E-state index is 12.1. The van der Waals surface area contributed by atoms with E-state index in [0.29, 0.717) is 5.92 Å². The minimum absolute atomic E-state index is 0.220. The molecule has 0 aromatic heterocycles. The monoisotopic (exact) mass is 329 g/mol. The summed E-state index contributed by atoms with van der Waals surface area (Å²) in [5.74, 6) is 2.77. The molecule has 3 heteroatoms. The Labute approximate surface area is 126 Å². The van der Waals surface area contributed by atoms with Gasteiger partial charge in [0.15, 0.2) is 0 Å². The van der Waals surface area contributed by atoms with E-state index in [9.17, 15) is 4.79 Å². The van der Waals surface area contributed by atoms with Crippen LogP contribution in [0.3, 0.4) is 0 Å². The molecule has 0 aromatic carbocycles. The SMILES string of the molecule is CC(C)(CCCBr)CNC(=O)CC1CC2CCC1C2. The number of hydrogen-bond donors (Lipinski definition) is 1. The summed E-state index contributed by atoms with van der Waals surface area (Å²) in [5.41, 5.74) is 0.220. The highest BCUT2D eigenvalue weighted by Crippen LogP contribution is 2.49. The van der Waals surface area contributed by atoms with Crippen molar-refractivity contribution < 1.29 is 4.79 Å². The first-order valence-electron chi connectivity index (χ1n) is 7.83. The first-order valence-corrected chi connectivity index (χ1v) is 8.95. The minimum atomic E-state index is 0.220. The third-order valence-corrected chi connectivity index (χ3v) is 5.64. The Hall–Kier alpha value is -0.0500. The van der Waals surface area contributed by atoms with E-state index in [0.717, 1.165) is 36.6 Å². The van der Waals surface area contributed by atoms with Gasteiger partial charge in [-0.1, -0.05) is 36.2 Å². The Morgan fingerprint density at radius 1 is 1.32 bits per heavy atom. The first-order chi connectivity index (χ1) is 9.00. The lowest BCUT2D eigenvalue weighted by atomic mass is 9.85. The average molecular weight is 330 g/mol. The van der Waals surface area contributed by atoms with Gasteiger partial charge in [0, 0.05) is 18.3 Å². The average Bonchev–Trinajstić information content (AvgIpc) is 2.96. The highest BCUT2D eigenvalue weighted by atomic mass is 79.9. The highest BCUT2D eigenvalue weighted by Gasteiger charge is 2.40. The van der Waals surface area contributed by atoms with E-state index in [4.69, 9.17) is 0 Å². The molecule has 3 unspecified atom stereocenters. The lowest BCUT2D eigenvalue weighted by Gasteiger charge is -2.26. The van der Waals surface area contributed by atoms with Gasteiger partial charge in [-0.3, -0.25) is 4.79 Å². The van der Waals surface area contributed by atoms with E-state index in [1.165, 1.54) is 32.1 Å². The Kier molecular flexibility index (Phi) is 5.33. The lowest BCUT2D eigenvalue weighted by molar-refractivity contribution is -0.122. The third-order valence-electron chi connectivity index (χ3n) is 5.08. The summed E-state index contributed by atoms with van der Waals surface area (Å²) in [7, 11) is 0. The zero-order valence-corrected chi connectivity index (χ0v) is 14.0. The molecule has 0 aliphatic heterocycles. The Morgan fingerprint density at radius 2 is 2.11 bits per heavy atom. The van der Waals surface area contributed by atoms with Gasteiger partial charge in [-0.05, 0) is 55.3 Å². The summed E-state index contributed by atoms with van der Waals surface area (Å²) in [6.07, 6.45) is 8.61. The van der Waals surface area contributed by atoms with Crippen molar-refractivity contribution in [2.24, 2.45) is 23.2 Å². The van der Waals surface area contributed by atoms with Gasteiger partial charge < -0.3 is 5.32 Å². The van der Waals surface area contributed by atoms with Gasteiger partial charge in [0.25, 0.3) is 0 Å². The zero-order valence-electron chi connectivity index (χ0n) is 12.4. The largest absolute Gasteiger partial charge is 0.356 e. The van der Waals surface area contributed by atoms with E-state index < -0.39 is 0 Å². The van der Waals surface area contributed by atoms with Gasteiger partial charge in [0.2, 0.25) is 5.91 Å². The molecule has 2 aliphatic carbocycles. The first kappa shape index (κ1) is 15.3. The topological polar surface area (TPSA) is 29.1 Å². The normalized spacial score (nSPS) is 29.7. The molecular formula is C16H28BrNO. The van der Waals surface area contributed by atoms with E-state index in [1.54, 1.807) is 0 Å². The van der Waals surface area contributed by atoms with Crippen LogP contribution in [0.4, 0.5) is 0 Å². The summed E-state index contributed by atoms with van der Waals surface area (Å²) in [6, 6.07) is 0. The Balaban J connectivity index is 1.67. The van der Waals surface area contributed by atoms with Crippen LogP contribution in [0.1, 0.15) is 58.8 Å². The van der Waals surface area contributed by atoms with Gasteiger partial charge in [0.05, 0.1) is 0 Å². The molecule has 0 spiro atoms. The molecule has 0 heterocycles. The molecular weight excluding hydrogens is 302 g/mol. The van der Waals surface area contributed by atoms with Crippen molar-refractivity contribution in [2.75, 3.05) is 11.9 Å². The molecule has 2 rings (SSSR count). The highest BCUT2D eigenvalue weighted by molar-refractivity contribution is 9.09. The molecule has 0 saturated heterocycles. The summed E-state index contributed by atoms with van der Waals surface area (Å²) in [4.78, 5) is 12.1. The van der Waals surface area contributed by atoms with Crippen molar-refractivity contribution in [3.05, 3.63) is 0 Å². The molecule has 2 nitrogen and oxygen atoms in total. The number of carbonyl (C=O) groups is 1. The van der Waals surface area contributed by atoms with Crippen molar-refractivity contribution in [1.82, 2.24) is 5.32 Å². The van der Waals surface area contributed by atoms with Gasteiger partial charge in [-0.25, -0.2) is 0 Å². The number of nitrogens with one attached hydrogen (secondary N) is 1. The number of halogens is 1. The molecule has 110 valence electrons. The molecule has 2 saturated carbocycles. The van der Waals surface area contributed by atoms with Crippen molar-refractivity contribution in [3.63, 3.8) is 0 Å². The van der Waals surface area contributed by atoms with Crippen LogP contribution < -0.4 is 5.32 Å². The number of alkyl halides is 1. The second-order valence-electron chi connectivity index (χ2n) is 7.37. The van der Waals surface area contributed by atoms with Crippen LogP contribution in [0.15, 0.2) is 0 Å². The van der Waals surface area contributed by atoms with Crippen LogP contribution in [0.2, 0.25) is 0 Å². The number of rotatable bonds is 7. The molecule has 1 amide bonds. The third kappa shape index (κ3) is 4.47. The van der Waals surface area contributed by atoms with Crippen LogP contribution in [-0.2, 0) is 4.79 Å². The number of hydrogen-bond acceptors (Lipinski definition) is 1. The smallest absolute Gasteiger partial charge is 0.220 e. The second kappa shape index (κ2) is 6.60. The molecule has 2 aliphatic rings. The fraction of sp³-hybridized carbons (Fsp3) is 0.938. The Bertz CT molecular complexity index is 316. The van der Waals surface area contributed by atoms with Crippen LogP contribution >= 0.6 is 15.9 Å². The standard InChI is InChI=1S/C16H28BrNO/c1-16(2,6-3-7-17)11-18-15(19)10-14-9-12-4-5-13(14)8-12/h12-14H,3-11H2,1-2H3,(H,18,19). The van der Waals surface area contributed by atoms with E-state index in [1.807, 2.05) is 0 Å². The van der Waals surface area contributed by atoms with Crippen LogP contribution in [0.5, 0.6) is 0 Å². The molecule has 3 atom stereocenters. The zero-order chi connectivity index (χ0) is 13.9. The maximum Gasteiger partial charge on any atom is 0.220 e. The van der Waals surface area contributed by atoms with Crippen molar-refractivity contribution in [2.45, 2.75) is 58.8 Å². The fourth-order valence-electron chi connectivity index (χ4n) is 3.91. The van der Waals surface area contributed by atoms with Gasteiger partial charge in [-0.2, -0.15) is 0 Å². The van der Waals surface area contributed by atoms with Crippen molar-refractivity contribution >= 4 is 21.8 Å². The minimum Gasteiger partial charge on any atom is -0.356 e. The molecule has 1 N–H and O–H groups in total. The quantitative estimate of drug-likeness (QED) is 0.699.